The molecule has 0 amide bonds. The van der Waals surface area contributed by atoms with Crippen LogP contribution in [0.3, 0.4) is 0 Å². The second-order valence-corrected chi connectivity index (χ2v) is 6.57. The van der Waals surface area contributed by atoms with Crippen LogP contribution in [0.5, 0.6) is 0 Å². The third kappa shape index (κ3) is 5.75. The lowest BCUT2D eigenvalue weighted by Gasteiger charge is -2.17. The van der Waals surface area contributed by atoms with Gasteiger partial charge in [0.2, 0.25) is 0 Å². The summed E-state index contributed by atoms with van der Waals surface area (Å²) in [7, 11) is 2.03. The SMILES string of the molecule is CC(O)CN(C)CCCOCCc1ccc2sccc2c1. The fourth-order valence-electron chi connectivity index (χ4n) is 2.44. The molecule has 0 aliphatic rings. The van der Waals surface area contributed by atoms with Crippen LogP contribution in [0.4, 0.5) is 0 Å². The highest BCUT2D eigenvalue weighted by Crippen LogP contribution is 2.21. The van der Waals surface area contributed by atoms with E-state index in [2.05, 4.69) is 34.5 Å². The van der Waals surface area contributed by atoms with Crippen LogP contribution in [-0.2, 0) is 11.2 Å². The summed E-state index contributed by atoms with van der Waals surface area (Å²) >= 11 is 1.78. The van der Waals surface area contributed by atoms with Gasteiger partial charge in [0.25, 0.3) is 0 Å². The largest absolute Gasteiger partial charge is 0.392 e. The minimum absolute atomic E-state index is 0.261. The highest BCUT2D eigenvalue weighted by Gasteiger charge is 2.02. The van der Waals surface area contributed by atoms with Gasteiger partial charge in [-0.3, -0.25) is 0 Å². The molecule has 1 unspecified atom stereocenters. The van der Waals surface area contributed by atoms with Crippen molar-refractivity contribution in [3.63, 3.8) is 0 Å². The molecule has 4 heteroatoms. The lowest BCUT2D eigenvalue weighted by molar-refractivity contribution is 0.110. The number of benzene rings is 1. The minimum Gasteiger partial charge on any atom is -0.392 e. The first-order valence-electron chi connectivity index (χ1n) is 7.55. The highest BCUT2D eigenvalue weighted by atomic mass is 32.1. The van der Waals surface area contributed by atoms with Crippen molar-refractivity contribution in [3.8, 4) is 0 Å². The van der Waals surface area contributed by atoms with Crippen LogP contribution in [0, 0.1) is 0 Å². The average Bonchev–Trinajstić information content (AvgIpc) is 2.89. The van der Waals surface area contributed by atoms with E-state index in [-0.39, 0.29) is 6.10 Å². The molecule has 0 spiro atoms. The maximum atomic E-state index is 9.28. The van der Waals surface area contributed by atoms with E-state index in [9.17, 15) is 5.11 Å². The van der Waals surface area contributed by atoms with Crippen molar-refractivity contribution < 1.29 is 9.84 Å². The van der Waals surface area contributed by atoms with Gasteiger partial charge in [-0.05, 0) is 55.3 Å². The zero-order valence-electron chi connectivity index (χ0n) is 12.9. The fraction of sp³-hybridized carbons (Fsp3) is 0.529. The molecule has 0 radical (unpaired) electrons. The van der Waals surface area contributed by atoms with Crippen molar-refractivity contribution in [2.75, 3.05) is 33.4 Å². The van der Waals surface area contributed by atoms with Crippen molar-refractivity contribution in [2.45, 2.75) is 25.9 Å². The van der Waals surface area contributed by atoms with Gasteiger partial charge in [-0.15, -0.1) is 11.3 Å². The Labute approximate surface area is 131 Å². The highest BCUT2D eigenvalue weighted by molar-refractivity contribution is 7.17. The summed E-state index contributed by atoms with van der Waals surface area (Å²) in [6.45, 7) is 5.06. The Bertz CT molecular complexity index is 538. The maximum absolute atomic E-state index is 9.28. The number of rotatable bonds is 9. The zero-order chi connectivity index (χ0) is 15.1. The van der Waals surface area contributed by atoms with E-state index >= 15 is 0 Å². The van der Waals surface area contributed by atoms with Crippen LogP contribution in [0.25, 0.3) is 10.1 Å². The summed E-state index contributed by atoms with van der Waals surface area (Å²) in [4.78, 5) is 2.14. The number of aliphatic hydroxyl groups excluding tert-OH is 1. The fourth-order valence-corrected chi connectivity index (χ4v) is 3.21. The van der Waals surface area contributed by atoms with E-state index in [4.69, 9.17) is 4.74 Å². The summed E-state index contributed by atoms with van der Waals surface area (Å²) in [6.07, 6.45) is 1.71. The number of aliphatic hydroxyl groups is 1. The standard InChI is InChI=1S/C17H25NO2S/c1-14(19)13-18(2)8-3-9-20-10-6-15-4-5-17-16(12-15)7-11-21-17/h4-5,7,11-12,14,19H,3,6,8-10,13H2,1-2H3. The van der Waals surface area contributed by atoms with E-state index in [0.717, 1.165) is 39.1 Å². The van der Waals surface area contributed by atoms with Gasteiger partial charge in [0.15, 0.2) is 0 Å². The van der Waals surface area contributed by atoms with Gasteiger partial charge in [-0.25, -0.2) is 0 Å². The van der Waals surface area contributed by atoms with Crippen LogP contribution in [0.1, 0.15) is 18.9 Å². The normalized spacial score (nSPS) is 13.1. The molecule has 1 aromatic heterocycles. The summed E-state index contributed by atoms with van der Waals surface area (Å²) in [5.41, 5.74) is 1.34. The number of likely N-dealkylation sites (N-methyl/N-ethyl adjacent to an activating group) is 1. The Balaban J connectivity index is 1.59. The number of ether oxygens (including phenoxy) is 1. The predicted molar refractivity (Wildman–Crippen MR) is 90.1 cm³/mol. The number of hydrogen-bond donors (Lipinski definition) is 1. The van der Waals surface area contributed by atoms with Crippen molar-refractivity contribution in [2.24, 2.45) is 0 Å². The predicted octanol–water partition coefficient (Wildman–Crippen LogP) is 3.16. The summed E-state index contributed by atoms with van der Waals surface area (Å²) in [5.74, 6) is 0. The van der Waals surface area contributed by atoms with Crippen molar-refractivity contribution in [1.82, 2.24) is 4.90 Å². The van der Waals surface area contributed by atoms with E-state index < -0.39 is 0 Å². The minimum atomic E-state index is -0.261. The molecule has 3 nitrogen and oxygen atoms in total. The molecule has 116 valence electrons. The Kier molecular flexibility index (Phi) is 6.64. The molecular formula is C17H25NO2S. The molecule has 0 aliphatic heterocycles. The molecule has 1 atom stereocenters. The number of thiophene rings is 1. The molecule has 1 aromatic carbocycles. The van der Waals surface area contributed by atoms with Crippen molar-refractivity contribution in [3.05, 3.63) is 35.2 Å². The first-order valence-corrected chi connectivity index (χ1v) is 8.43. The topological polar surface area (TPSA) is 32.7 Å². The second-order valence-electron chi connectivity index (χ2n) is 5.62. The maximum Gasteiger partial charge on any atom is 0.0638 e. The third-order valence-electron chi connectivity index (χ3n) is 3.46. The van der Waals surface area contributed by atoms with Crippen LogP contribution >= 0.6 is 11.3 Å². The molecule has 2 rings (SSSR count). The van der Waals surface area contributed by atoms with E-state index in [1.165, 1.54) is 15.6 Å². The molecule has 0 saturated carbocycles. The molecule has 2 aromatic rings. The van der Waals surface area contributed by atoms with Crippen LogP contribution in [-0.4, -0.2) is 49.5 Å². The van der Waals surface area contributed by atoms with Crippen molar-refractivity contribution in [1.29, 1.82) is 0 Å². The second kappa shape index (κ2) is 8.49. The molecule has 0 fully saturated rings. The van der Waals surface area contributed by atoms with E-state index in [1.807, 2.05) is 14.0 Å². The Morgan fingerprint density at radius 1 is 1.29 bits per heavy atom. The molecule has 1 heterocycles. The molecule has 21 heavy (non-hydrogen) atoms. The molecule has 0 aliphatic carbocycles. The first kappa shape index (κ1) is 16.4. The summed E-state index contributed by atoms with van der Waals surface area (Å²) in [6, 6.07) is 8.81. The van der Waals surface area contributed by atoms with Gasteiger partial charge >= 0.3 is 0 Å². The Morgan fingerprint density at radius 3 is 2.95 bits per heavy atom. The first-order chi connectivity index (χ1) is 10.1. The average molecular weight is 307 g/mol. The Hall–Kier alpha value is -0.940. The Morgan fingerprint density at radius 2 is 2.14 bits per heavy atom. The summed E-state index contributed by atoms with van der Waals surface area (Å²) < 4.78 is 7.05. The van der Waals surface area contributed by atoms with Gasteiger partial charge in [0.1, 0.15) is 0 Å². The van der Waals surface area contributed by atoms with E-state index in [0.29, 0.717) is 0 Å². The van der Waals surface area contributed by atoms with Gasteiger partial charge < -0.3 is 14.7 Å². The van der Waals surface area contributed by atoms with Crippen LogP contribution in [0.15, 0.2) is 29.6 Å². The van der Waals surface area contributed by atoms with Gasteiger partial charge in [-0.1, -0.05) is 12.1 Å². The van der Waals surface area contributed by atoms with E-state index in [1.54, 1.807) is 11.3 Å². The monoisotopic (exact) mass is 307 g/mol. The van der Waals surface area contributed by atoms with Gasteiger partial charge in [-0.2, -0.15) is 0 Å². The molecule has 1 N–H and O–H groups in total. The van der Waals surface area contributed by atoms with Gasteiger partial charge in [0, 0.05) is 24.4 Å². The number of nitrogens with zero attached hydrogens (tertiary/aromatic N) is 1. The van der Waals surface area contributed by atoms with Crippen molar-refractivity contribution >= 4 is 21.4 Å². The lowest BCUT2D eigenvalue weighted by Crippen LogP contribution is -2.28. The molecule has 0 saturated heterocycles. The van der Waals surface area contributed by atoms with Gasteiger partial charge in [0.05, 0.1) is 12.7 Å². The number of hydrogen-bond acceptors (Lipinski definition) is 4. The molecule has 0 bridgehead atoms. The third-order valence-corrected chi connectivity index (χ3v) is 4.35. The smallest absolute Gasteiger partial charge is 0.0638 e. The van der Waals surface area contributed by atoms with Crippen LogP contribution in [0.2, 0.25) is 0 Å². The number of fused-ring (bicyclic) bond motifs is 1. The summed E-state index contributed by atoms with van der Waals surface area (Å²) in [5, 5.41) is 12.7. The molecular weight excluding hydrogens is 282 g/mol. The lowest BCUT2D eigenvalue weighted by atomic mass is 10.1. The van der Waals surface area contributed by atoms with Crippen LogP contribution < -0.4 is 0 Å². The quantitative estimate of drug-likeness (QED) is 0.722. The zero-order valence-corrected chi connectivity index (χ0v) is 13.7.